The molecule has 0 fully saturated rings. The highest BCUT2D eigenvalue weighted by Crippen LogP contribution is 2.15. The summed E-state index contributed by atoms with van der Waals surface area (Å²) in [6, 6.07) is 1.14. The zero-order valence-electron chi connectivity index (χ0n) is 4.74. The van der Waals surface area contributed by atoms with Gasteiger partial charge < -0.3 is 4.42 Å². The lowest BCUT2D eigenvalue weighted by molar-refractivity contribution is 0.450. The summed E-state index contributed by atoms with van der Waals surface area (Å²) in [5.41, 5.74) is 0. The van der Waals surface area contributed by atoms with Crippen molar-refractivity contribution in [3.8, 4) is 0 Å². The van der Waals surface area contributed by atoms with E-state index in [1.807, 2.05) is 0 Å². The molecular weight excluding hydrogens is 178 g/mol. The molecule has 2 N–H and O–H groups in total. The van der Waals surface area contributed by atoms with E-state index < -0.39 is 10.0 Å². The number of hydrogen-bond donors (Lipinski definition) is 1. The second kappa shape index (κ2) is 2.26. The van der Waals surface area contributed by atoms with E-state index >= 15 is 0 Å². The Hall–Kier alpha value is -0.520. The average molecular weight is 182 g/mol. The van der Waals surface area contributed by atoms with Crippen LogP contribution in [0.5, 0.6) is 0 Å². The fourth-order valence-electron chi connectivity index (χ4n) is 0.444. The molecule has 0 radical (unpaired) electrons. The van der Waals surface area contributed by atoms with Gasteiger partial charge in [-0.2, -0.15) is 0 Å². The molecular formula is C4H4ClNO3S. The fraction of sp³-hybridized carbons (Fsp3) is 0. The molecule has 0 unspecified atom stereocenters. The summed E-state index contributed by atoms with van der Waals surface area (Å²) in [6.45, 7) is 0. The molecule has 0 saturated heterocycles. The highest BCUT2D eigenvalue weighted by Gasteiger charge is 2.11. The Labute approximate surface area is 62.6 Å². The summed E-state index contributed by atoms with van der Waals surface area (Å²) in [5, 5.41) is 4.58. The Bertz CT molecular complexity index is 328. The van der Waals surface area contributed by atoms with Crippen molar-refractivity contribution in [3.63, 3.8) is 0 Å². The third kappa shape index (κ3) is 1.50. The lowest BCUT2D eigenvalue weighted by Gasteiger charge is -1.86. The van der Waals surface area contributed by atoms with Crippen molar-refractivity contribution >= 4 is 21.6 Å². The molecule has 0 bridgehead atoms. The maximum atomic E-state index is 10.5. The van der Waals surface area contributed by atoms with E-state index in [9.17, 15) is 8.42 Å². The standard InChI is InChI=1S/C4H4ClNO3S/c5-3-1-4(9-2-3)10(6,7)8/h1-2H,(H2,6,7,8). The van der Waals surface area contributed by atoms with Gasteiger partial charge >= 0.3 is 0 Å². The Morgan fingerprint density at radius 3 is 2.40 bits per heavy atom. The van der Waals surface area contributed by atoms with Crippen molar-refractivity contribution in [1.82, 2.24) is 0 Å². The van der Waals surface area contributed by atoms with Gasteiger partial charge in [0.25, 0.3) is 10.0 Å². The molecule has 4 nitrogen and oxygen atoms in total. The first-order chi connectivity index (χ1) is 4.50. The van der Waals surface area contributed by atoms with Gasteiger partial charge in [0.05, 0.1) is 5.02 Å². The van der Waals surface area contributed by atoms with Crippen molar-refractivity contribution in [2.45, 2.75) is 5.09 Å². The highest BCUT2D eigenvalue weighted by atomic mass is 35.5. The Kier molecular flexibility index (Phi) is 1.72. The summed E-state index contributed by atoms with van der Waals surface area (Å²) in [6.07, 6.45) is 1.10. The lowest BCUT2D eigenvalue weighted by Crippen LogP contribution is -2.10. The van der Waals surface area contributed by atoms with E-state index in [0.29, 0.717) is 0 Å². The van der Waals surface area contributed by atoms with Gasteiger partial charge in [-0.3, -0.25) is 0 Å². The van der Waals surface area contributed by atoms with Crippen LogP contribution in [0.4, 0.5) is 0 Å². The molecule has 0 aromatic carbocycles. The summed E-state index contributed by atoms with van der Waals surface area (Å²) in [7, 11) is -3.73. The van der Waals surface area contributed by atoms with E-state index in [1.54, 1.807) is 0 Å². The quantitative estimate of drug-likeness (QED) is 0.689. The molecule has 0 aliphatic heterocycles. The first kappa shape index (κ1) is 7.59. The molecule has 0 aliphatic carbocycles. The summed E-state index contributed by atoms with van der Waals surface area (Å²) in [5.74, 6) is 0. The Balaban J connectivity index is 3.21. The highest BCUT2D eigenvalue weighted by molar-refractivity contribution is 7.89. The predicted molar refractivity (Wildman–Crippen MR) is 35.1 cm³/mol. The number of hydrogen-bond acceptors (Lipinski definition) is 3. The van der Waals surface area contributed by atoms with Crippen molar-refractivity contribution < 1.29 is 12.8 Å². The zero-order chi connectivity index (χ0) is 7.78. The molecule has 0 amide bonds. The van der Waals surface area contributed by atoms with E-state index in [-0.39, 0.29) is 10.1 Å². The van der Waals surface area contributed by atoms with E-state index in [0.717, 1.165) is 12.3 Å². The molecule has 1 heterocycles. The van der Waals surface area contributed by atoms with E-state index in [2.05, 4.69) is 9.56 Å². The minimum Gasteiger partial charge on any atom is -0.450 e. The fourth-order valence-corrected chi connectivity index (χ4v) is 1.13. The van der Waals surface area contributed by atoms with Gasteiger partial charge in [-0.1, -0.05) is 11.6 Å². The van der Waals surface area contributed by atoms with Crippen LogP contribution in [0.3, 0.4) is 0 Å². The smallest absolute Gasteiger partial charge is 0.271 e. The predicted octanol–water partition coefficient (Wildman–Crippen LogP) is 0.580. The third-order valence-electron chi connectivity index (χ3n) is 0.824. The van der Waals surface area contributed by atoms with Gasteiger partial charge in [-0.05, 0) is 0 Å². The SMILES string of the molecule is NS(=O)(=O)c1cc(Cl)co1. The average Bonchev–Trinajstić information content (AvgIpc) is 2.11. The Morgan fingerprint density at radius 1 is 1.60 bits per heavy atom. The number of nitrogens with two attached hydrogens (primary N) is 1. The summed E-state index contributed by atoms with van der Waals surface area (Å²) < 4.78 is 25.4. The Morgan fingerprint density at radius 2 is 2.20 bits per heavy atom. The molecule has 1 rings (SSSR count). The van der Waals surface area contributed by atoms with E-state index in [4.69, 9.17) is 11.6 Å². The first-order valence-electron chi connectivity index (χ1n) is 2.27. The normalized spacial score (nSPS) is 11.8. The van der Waals surface area contributed by atoms with Crippen molar-refractivity contribution in [3.05, 3.63) is 17.4 Å². The number of sulfonamides is 1. The van der Waals surface area contributed by atoms with Crippen LogP contribution >= 0.6 is 11.6 Å². The van der Waals surface area contributed by atoms with Crippen LogP contribution in [0.25, 0.3) is 0 Å². The molecule has 0 aliphatic rings. The van der Waals surface area contributed by atoms with Crippen LogP contribution in [-0.2, 0) is 10.0 Å². The molecule has 10 heavy (non-hydrogen) atoms. The van der Waals surface area contributed by atoms with Crippen molar-refractivity contribution in [2.75, 3.05) is 0 Å². The molecule has 56 valence electrons. The van der Waals surface area contributed by atoms with Gasteiger partial charge in [0, 0.05) is 6.07 Å². The third-order valence-corrected chi connectivity index (χ3v) is 1.80. The minimum atomic E-state index is -3.73. The van der Waals surface area contributed by atoms with Crippen LogP contribution in [0, 0.1) is 0 Å². The van der Waals surface area contributed by atoms with E-state index in [1.165, 1.54) is 0 Å². The van der Waals surface area contributed by atoms with Gasteiger partial charge in [-0.15, -0.1) is 0 Å². The molecule has 0 saturated carbocycles. The second-order valence-corrected chi connectivity index (χ2v) is 3.56. The summed E-state index contributed by atoms with van der Waals surface area (Å²) in [4.78, 5) is 0. The summed E-state index contributed by atoms with van der Waals surface area (Å²) >= 11 is 5.35. The number of primary sulfonamides is 1. The van der Waals surface area contributed by atoms with Gasteiger partial charge in [-0.25, -0.2) is 13.6 Å². The molecule has 0 spiro atoms. The molecule has 1 aromatic heterocycles. The molecule has 6 heteroatoms. The minimum absolute atomic E-state index is 0.212. The maximum absolute atomic E-state index is 10.5. The topological polar surface area (TPSA) is 73.3 Å². The van der Waals surface area contributed by atoms with Gasteiger partial charge in [0.2, 0.25) is 5.09 Å². The first-order valence-corrected chi connectivity index (χ1v) is 4.19. The lowest BCUT2D eigenvalue weighted by atomic mass is 10.7. The largest absolute Gasteiger partial charge is 0.450 e. The van der Waals surface area contributed by atoms with Gasteiger partial charge in [0.15, 0.2) is 0 Å². The van der Waals surface area contributed by atoms with Crippen LogP contribution in [0.2, 0.25) is 5.02 Å². The maximum Gasteiger partial charge on any atom is 0.271 e. The zero-order valence-corrected chi connectivity index (χ0v) is 6.32. The van der Waals surface area contributed by atoms with Crippen LogP contribution in [-0.4, -0.2) is 8.42 Å². The van der Waals surface area contributed by atoms with Crippen LogP contribution < -0.4 is 5.14 Å². The molecule has 0 atom stereocenters. The number of furan rings is 1. The van der Waals surface area contributed by atoms with Crippen LogP contribution in [0.1, 0.15) is 0 Å². The van der Waals surface area contributed by atoms with Gasteiger partial charge in [0.1, 0.15) is 6.26 Å². The van der Waals surface area contributed by atoms with Crippen molar-refractivity contribution in [1.29, 1.82) is 0 Å². The monoisotopic (exact) mass is 181 g/mol. The molecule has 1 aromatic rings. The second-order valence-electron chi connectivity index (χ2n) is 1.63. The van der Waals surface area contributed by atoms with Crippen LogP contribution in [0.15, 0.2) is 21.8 Å². The van der Waals surface area contributed by atoms with Crippen molar-refractivity contribution in [2.24, 2.45) is 5.14 Å². The number of rotatable bonds is 1. The number of halogens is 1.